The van der Waals surface area contributed by atoms with Gasteiger partial charge in [0.2, 0.25) is 5.91 Å². The number of carbonyl (C=O) groups excluding carboxylic acids is 2. The molecule has 0 atom stereocenters. The van der Waals surface area contributed by atoms with Gasteiger partial charge in [-0.2, -0.15) is 0 Å². The second-order valence-electron chi connectivity index (χ2n) is 9.32. The molecule has 6 heteroatoms. The minimum absolute atomic E-state index is 0.0798. The second kappa shape index (κ2) is 13.3. The van der Waals surface area contributed by atoms with Crippen LogP contribution >= 0.6 is 0 Å². The molecule has 0 radical (unpaired) electrons. The molecule has 2 N–H and O–H groups in total. The number of amides is 2. The summed E-state index contributed by atoms with van der Waals surface area (Å²) in [6.07, 6.45) is 5.66. The van der Waals surface area contributed by atoms with E-state index in [1.807, 2.05) is 61.2 Å². The van der Waals surface area contributed by atoms with E-state index >= 15 is 0 Å². The molecule has 0 aromatic heterocycles. The molecule has 0 bridgehead atoms. The van der Waals surface area contributed by atoms with Crippen LogP contribution < -0.4 is 15.5 Å². The van der Waals surface area contributed by atoms with Gasteiger partial charge in [-0.3, -0.25) is 9.59 Å². The molecule has 0 fully saturated rings. The smallest absolute Gasteiger partial charge is 0.251 e. The Balaban J connectivity index is 1.82. The number of nitrogens with one attached hydrogen (secondary N) is 2. The van der Waals surface area contributed by atoms with Gasteiger partial charge >= 0.3 is 0 Å². The van der Waals surface area contributed by atoms with Gasteiger partial charge < -0.3 is 20.3 Å². The molecular formula is C28H39N3O3. The van der Waals surface area contributed by atoms with Crippen molar-refractivity contribution >= 4 is 17.5 Å². The zero-order valence-corrected chi connectivity index (χ0v) is 20.9. The highest BCUT2D eigenvalue weighted by Crippen LogP contribution is 2.26. The molecule has 2 aromatic carbocycles. The first-order chi connectivity index (χ1) is 16.5. The third-order valence-electron chi connectivity index (χ3n) is 6.30. The van der Waals surface area contributed by atoms with Gasteiger partial charge in [0.25, 0.3) is 5.91 Å². The molecule has 1 heterocycles. The lowest BCUT2D eigenvalue weighted by molar-refractivity contribution is -0.121. The van der Waals surface area contributed by atoms with Crippen molar-refractivity contribution in [2.75, 3.05) is 25.1 Å². The Morgan fingerprint density at radius 1 is 1.03 bits per heavy atom. The molecule has 2 aromatic rings. The number of fused-ring (bicyclic) bond motifs is 1. The van der Waals surface area contributed by atoms with Crippen molar-refractivity contribution < 1.29 is 14.3 Å². The number of carbonyl (C=O) groups is 2. The first-order valence-electron chi connectivity index (χ1n) is 12.5. The Bertz CT molecular complexity index is 958. The third-order valence-corrected chi connectivity index (χ3v) is 6.30. The average Bonchev–Trinajstić information content (AvgIpc) is 2.83. The number of ether oxygens (including phenoxy) is 1. The number of anilines is 1. The second-order valence-corrected chi connectivity index (χ2v) is 9.32. The fourth-order valence-corrected chi connectivity index (χ4v) is 4.37. The summed E-state index contributed by atoms with van der Waals surface area (Å²) in [7, 11) is 1.67. The normalized spacial score (nSPS) is 15.2. The van der Waals surface area contributed by atoms with E-state index in [4.69, 9.17) is 4.74 Å². The zero-order chi connectivity index (χ0) is 24.3. The highest BCUT2D eigenvalue weighted by molar-refractivity contribution is 5.98. The van der Waals surface area contributed by atoms with E-state index in [1.165, 1.54) is 12.8 Å². The fraction of sp³-hybridized carbons (Fsp3) is 0.500. The predicted octanol–water partition coefficient (Wildman–Crippen LogP) is 4.81. The van der Waals surface area contributed by atoms with Gasteiger partial charge in [0.1, 0.15) is 0 Å². The Kier molecular flexibility index (Phi) is 10.1. The van der Waals surface area contributed by atoms with Crippen LogP contribution in [-0.2, 0) is 29.2 Å². The Hall–Kier alpha value is -2.70. The summed E-state index contributed by atoms with van der Waals surface area (Å²) in [5.41, 5.74) is 4.61. The predicted molar refractivity (Wildman–Crippen MR) is 137 cm³/mol. The van der Waals surface area contributed by atoms with E-state index in [0.717, 1.165) is 48.2 Å². The van der Waals surface area contributed by atoms with Crippen molar-refractivity contribution in [3.63, 3.8) is 0 Å². The summed E-state index contributed by atoms with van der Waals surface area (Å²) in [6.45, 7) is 7.12. The van der Waals surface area contributed by atoms with E-state index < -0.39 is 0 Å². The fourth-order valence-electron chi connectivity index (χ4n) is 4.37. The lowest BCUT2D eigenvalue weighted by Crippen LogP contribution is -2.36. The van der Waals surface area contributed by atoms with Crippen LogP contribution in [0.4, 0.5) is 5.69 Å². The first kappa shape index (κ1) is 25.9. The third kappa shape index (κ3) is 7.15. The summed E-state index contributed by atoms with van der Waals surface area (Å²) in [4.78, 5) is 28.0. The maximum Gasteiger partial charge on any atom is 0.251 e. The highest BCUT2D eigenvalue weighted by atomic mass is 16.5. The molecule has 2 amide bonds. The van der Waals surface area contributed by atoms with E-state index in [2.05, 4.69) is 10.6 Å². The quantitative estimate of drug-likeness (QED) is 0.643. The van der Waals surface area contributed by atoms with Gasteiger partial charge in [-0.15, -0.1) is 0 Å². The van der Waals surface area contributed by atoms with Gasteiger partial charge in [-0.25, -0.2) is 0 Å². The van der Waals surface area contributed by atoms with Crippen LogP contribution in [-0.4, -0.2) is 32.0 Å². The summed E-state index contributed by atoms with van der Waals surface area (Å²) in [5, 5.41) is 6.56. The summed E-state index contributed by atoms with van der Waals surface area (Å²) < 4.78 is 5.27. The monoisotopic (exact) mass is 465 g/mol. The number of rotatable bonds is 6. The van der Waals surface area contributed by atoms with Gasteiger partial charge in [0.15, 0.2) is 0 Å². The summed E-state index contributed by atoms with van der Waals surface area (Å²) >= 11 is 0. The topological polar surface area (TPSA) is 70.7 Å². The molecular weight excluding hydrogens is 426 g/mol. The van der Waals surface area contributed by atoms with Crippen LogP contribution in [0.25, 0.3) is 0 Å². The van der Waals surface area contributed by atoms with Gasteiger partial charge in [0.05, 0.1) is 6.61 Å². The lowest BCUT2D eigenvalue weighted by atomic mass is 10.0. The Morgan fingerprint density at radius 2 is 1.76 bits per heavy atom. The van der Waals surface area contributed by atoms with Crippen molar-refractivity contribution in [1.82, 2.24) is 10.6 Å². The van der Waals surface area contributed by atoms with Gasteiger partial charge in [0, 0.05) is 43.9 Å². The van der Waals surface area contributed by atoms with Crippen LogP contribution in [0.15, 0.2) is 42.5 Å². The lowest BCUT2D eigenvalue weighted by Gasteiger charge is -2.28. The maximum atomic E-state index is 13.1. The van der Waals surface area contributed by atoms with Crippen molar-refractivity contribution in [3.05, 3.63) is 64.7 Å². The van der Waals surface area contributed by atoms with Crippen molar-refractivity contribution in [3.8, 4) is 0 Å². The average molecular weight is 466 g/mol. The molecule has 3 rings (SSSR count). The summed E-state index contributed by atoms with van der Waals surface area (Å²) in [6, 6.07) is 13.7. The number of hydrogen-bond donors (Lipinski definition) is 2. The van der Waals surface area contributed by atoms with E-state index in [1.54, 1.807) is 7.11 Å². The van der Waals surface area contributed by atoms with Crippen LogP contribution in [0, 0.1) is 5.92 Å². The Morgan fingerprint density at radius 3 is 2.53 bits per heavy atom. The standard InChI is InChI=1S/C28H39N3O3/c1-21(2)28(33)31-16-10-6-4-5-9-15-29-18-25-17-22(13-14-26(25)31)27(32)30-19-23-11-7-8-12-24(23)20-34-3/h7-8,11-14,17,21,29H,4-6,9-10,15-16,18-20H2,1-3H3,(H,30,32). The van der Waals surface area contributed by atoms with Crippen LogP contribution in [0.5, 0.6) is 0 Å². The minimum atomic E-state index is -0.122. The van der Waals surface area contributed by atoms with Crippen LogP contribution in [0.3, 0.4) is 0 Å². The van der Waals surface area contributed by atoms with Gasteiger partial charge in [-0.05, 0) is 54.3 Å². The molecule has 184 valence electrons. The number of benzene rings is 2. The van der Waals surface area contributed by atoms with E-state index in [9.17, 15) is 9.59 Å². The van der Waals surface area contributed by atoms with Crippen LogP contribution in [0.2, 0.25) is 0 Å². The number of nitrogens with zero attached hydrogens (tertiary/aromatic N) is 1. The highest BCUT2D eigenvalue weighted by Gasteiger charge is 2.22. The molecule has 1 aliphatic rings. The number of hydrogen-bond acceptors (Lipinski definition) is 4. The molecule has 0 saturated carbocycles. The Labute approximate surface area is 204 Å². The SMILES string of the molecule is COCc1ccccc1CNC(=O)c1ccc2c(c1)CNCCCCCCCN2C(=O)C(C)C. The molecule has 1 aliphatic heterocycles. The van der Waals surface area contributed by atoms with Crippen LogP contribution in [0.1, 0.15) is 73.0 Å². The largest absolute Gasteiger partial charge is 0.380 e. The first-order valence-corrected chi connectivity index (χ1v) is 12.5. The van der Waals surface area contributed by atoms with Crippen molar-refractivity contribution in [1.29, 1.82) is 0 Å². The van der Waals surface area contributed by atoms with E-state index in [-0.39, 0.29) is 17.7 Å². The van der Waals surface area contributed by atoms with Crippen molar-refractivity contribution in [2.45, 2.75) is 65.6 Å². The van der Waals surface area contributed by atoms with Gasteiger partial charge in [-0.1, -0.05) is 57.4 Å². The number of methoxy groups -OCH3 is 1. The zero-order valence-electron chi connectivity index (χ0n) is 20.9. The summed E-state index contributed by atoms with van der Waals surface area (Å²) in [5.74, 6) is -0.0722. The molecule has 0 saturated heterocycles. The molecule has 0 spiro atoms. The molecule has 0 aliphatic carbocycles. The molecule has 34 heavy (non-hydrogen) atoms. The van der Waals surface area contributed by atoms with Crippen molar-refractivity contribution in [2.24, 2.45) is 5.92 Å². The minimum Gasteiger partial charge on any atom is -0.380 e. The van der Waals surface area contributed by atoms with E-state index in [0.29, 0.717) is 31.8 Å². The maximum absolute atomic E-state index is 13.1. The molecule has 6 nitrogen and oxygen atoms in total. The molecule has 0 unspecified atom stereocenters.